The lowest BCUT2D eigenvalue weighted by Crippen LogP contribution is -2.59. The Hall–Kier alpha value is -0.120. The van der Waals surface area contributed by atoms with E-state index in [1.807, 2.05) is 7.05 Å². The molecule has 0 amide bonds. The second-order valence-electron chi connectivity index (χ2n) is 9.17. The molecule has 2 aliphatic heterocycles. The Balaban J connectivity index is 0.00000320. The zero-order valence-corrected chi connectivity index (χ0v) is 21.5. The Morgan fingerprint density at radius 1 is 1.03 bits per heavy atom. The fourth-order valence-electron chi connectivity index (χ4n) is 5.20. The first kappa shape index (κ1) is 26.1. The number of likely N-dealkylation sites (tertiary alicyclic amines) is 1. The van der Waals surface area contributed by atoms with Crippen molar-refractivity contribution in [1.82, 2.24) is 15.5 Å². The summed E-state index contributed by atoms with van der Waals surface area (Å²) < 4.78 is 11.3. The van der Waals surface area contributed by atoms with Gasteiger partial charge in [-0.3, -0.25) is 9.89 Å². The van der Waals surface area contributed by atoms with Gasteiger partial charge >= 0.3 is 0 Å². The minimum absolute atomic E-state index is 0. The highest BCUT2D eigenvalue weighted by molar-refractivity contribution is 14.0. The van der Waals surface area contributed by atoms with Gasteiger partial charge in [0.05, 0.1) is 0 Å². The van der Waals surface area contributed by atoms with Crippen LogP contribution in [0.5, 0.6) is 0 Å². The van der Waals surface area contributed by atoms with Crippen LogP contribution in [0, 0.1) is 5.92 Å². The minimum atomic E-state index is 0. The number of piperidine rings is 1. The van der Waals surface area contributed by atoms with Gasteiger partial charge in [-0.05, 0) is 64.0 Å². The molecule has 3 rings (SSSR count). The Morgan fingerprint density at radius 3 is 2.43 bits per heavy atom. The molecule has 2 saturated heterocycles. The summed E-state index contributed by atoms with van der Waals surface area (Å²) in [5.41, 5.74) is 0.336. The van der Waals surface area contributed by atoms with Crippen molar-refractivity contribution in [1.29, 1.82) is 0 Å². The lowest BCUT2D eigenvalue weighted by Gasteiger charge is -2.48. The molecular formula is C23H45IN4O2. The van der Waals surface area contributed by atoms with Crippen LogP contribution >= 0.6 is 24.0 Å². The molecule has 1 saturated carbocycles. The molecule has 2 N–H and O–H groups in total. The van der Waals surface area contributed by atoms with Gasteiger partial charge in [-0.15, -0.1) is 24.0 Å². The highest BCUT2D eigenvalue weighted by Crippen LogP contribution is 2.35. The molecular weight excluding hydrogens is 491 g/mol. The molecule has 0 spiro atoms. The Labute approximate surface area is 201 Å². The normalized spacial score (nSPS) is 23.6. The first-order chi connectivity index (χ1) is 14.3. The molecule has 3 fully saturated rings. The maximum absolute atomic E-state index is 5.88. The molecule has 0 bridgehead atoms. The Bertz CT molecular complexity index is 474. The third kappa shape index (κ3) is 8.43. The van der Waals surface area contributed by atoms with Crippen LogP contribution in [0.25, 0.3) is 0 Å². The van der Waals surface area contributed by atoms with E-state index in [9.17, 15) is 0 Å². The summed E-state index contributed by atoms with van der Waals surface area (Å²) in [6.07, 6.45) is 14.2. The predicted octanol–water partition coefficient (Wildman–Crippen LogP) is 3.79. The maximum atomic E-state index is 5.88. The number of ether oxygens (including phenoxy) is 2. The summed E-state index contributed by atoms with van der Waals surface area (Å²) in [4.78, 5) is 7.25. The third-order valence-electron chi connectivity index (χ3n) is 7.07. The Kier molecular flexibility index (Phi) is 12.9. The van der Waals surface area contributed by atoms with Crippen LogP contribution in [0.2, 0.25) is 0 Å². The van der Waals surface area contributed by atoms with E-state index in [1.54, 1.807) is 0 Å². The number of aliphatic imine (C=N–C) groups is 1. The van der Waals surface area contributed by atoms with E-state index in [1.165, 1.54) is 64.5 Å². The molecule has 6 nitrogen and oxygen atoms in total. The zero-order chi connectivity index (χ0) is 20.2. The number of halogens is 1. The quantitative estimate of drug-likeness (QED) is 0.203. The zero-order valence-electron chi connectivity index (χ0n) is 19.1. The lowest BCUT2D eigenvalue weighted by atomic mass is 9.79. The van der Waals surface area contributed by atoms with Crippen LogP contribution in [-0.4, -0.2) is 76.1 Å². The molecule has 0 aromatic rings. The molecule has 2 heterocycles. The van der Waals surface area contributed by atoms with E-state index in [2.05, 4.69) is 20.5 Å². The first-order valence-electron chi connectivity index (χ1n) is 12.2. The van der Waals surface area contributed by atoms with Gasteiger partial charge in [-0.2, -0.15) is 0 Å². The molecule has 1 aliphatic carbocycles. The third-order valence-corrected chi connectivity index (χ3v) is 7.07. The van der Waals surface area contributed by atoms with Crippen molar-refractivity contribution in [3.63, 3.8) is 0 Å². The number of nitrogens with zero attached hydrogens (tertiary/aromatic N) is 2. The smallest absolute Gasteiger partial charge is 0.191 e. The van der Waals surface area contributed by atoms with E-state index in [0.717, 1.165) is 64.7 Å². The molecule has 0 aromatic heterocycles. The van der Waals surface area contributed by atoms with Gasteiger partial charge in [-0.25, -0.2) is 0 Å². The van der Waals surface area contributed by atoms with E-state index >= 15 is 0 Å². The standard InChI is InChI=1S/C23H44N4O2.HI/c1-24-22(25-13-8-16-29-19-21-9-17-28-18-10-21)26-20-23(11-4-2-5-12-23)27-14-6-3-7-15-27;/h21H,2-20H2,1H3,(H2,24,25,26);1H. The van der Waals surface area contributed by atoms with Crippen molar-refractivity contribution in [2.45, 2.75) is 76.2 Å². The maximum Gasteiger partial charge on any atom is 0.191 e. The number of rotatable bonds is 9. The minimum Gasteiger partial charge on any atom is -0.381 e. The number of hydrogen-bond acceptors (Lipinski definition) is 4. The van der Waals surface area contributed by atoms with E-state index in [-0.39, 0.29) is 24.0 Å². The van der Waals surface area contributed by atoms with Gasteiger partial charge in [0.25, 0.3) is 0 Å². The van der Waals surface area contributed by atoms with Crippen LogP contribution in [0.1, 0.15) is 70.6 Å². The molecule has 0 radical (unpaired) electrons. The molecule has 7 heteroatoms. The summed E-state index contributed by atoms with van der Waals surface area (Å²) in [6.45, 7) is 7.98. The van der Waals surface area contributed by atoms with Gasteiger partial charge in [0.2, 0.25) is 0 Å². The predicted molar refractivity (Wildman–Crippen MR) is 135 cm³/mol. The van der Waals surface area contributed by atoms with Crippen LogP contribution in [-0.2, 0) is 9.47 Å². The fourth-order valence-corrected chi connectivity index (χ4v) is 5.20. The molecule has 176 valence electrons. The van der Waals surface area contributed by atoms with Gasteiger partial charge in [0.1, 0.15) is 0 Å². The van der Waals surface area contributed by atoms with Crippen LogP contribution in [0.15, 0.2) is 4.99 Å². The van der Waals surface area contributed by atoms with Gasteiger partial charge in [-0.1, -0.05) is 25.7 Å². The highest BCUT2D eigenvalue weighted by Gasteiger charge is 2.38. The molecule has 0 aromatic carbocycles. The van der Waals surface area contributed by atoms with Crippen molar-refractivity contribution in [2.75, 3.05) is 59.7 Å². The summed E-state index contributed by atoms with van der Waals surface area (Å²) in [5.74, 6) is 1.63. The van der Waals surface area contributed by atoms with E-state index in [0.29, 0.717) is 11.5 Å². The first-order valence-corrected chi connectivity index (χ1v) is 12.2. The van der Waals surface area contributed by atoms with Gasteiger partial charge < -0.3 is 20.1 Å². The number of hydrogen-bond donors (Lipinski definition) is 2. The molecule has 30 heavy (non-hydrogen) atoms. The van der Waals surface area contributed by atoms with E-state index < -0.39 is 0 Å². The van der Waals surface area contributed by atoms with Crippen molar-refractivity contribution in [3.8, 4) is 0 Å². The van der Waals surface area contributed by atoms with Crippen molar-refractivity contribution in [3.05, 3.63) is 0 Å². The largest absolute Gasteiger partial charge is 0.381 e. The average Bonchev–Trinajstić information content (AvgIpc) is 2.80. The number of nitrogens with one attached hydrogen (secondary N) is 2. The van der Waals surface area contributed by atoms with Crippen molar-refractivity contribution >= 4 is 29.9 Å². The number of guanidine groups is 1. The van der Waals surface area contributed by atoms with Gasteiger partial charge in [0.15, 0.2) is 5.96 Å². The van der Waals surface area contributed by atoms with Crippen molar-refractivity contribution < 1.29 is 9.47 Å². The van der Waals surface area contributed by atoms with Crippen molar-refractivity contribution in [2.24, 2.45) is 10.9 Å². The highest BCUT2D eigenvalue weighted by atomic mass is 127. The second kappa shape index (κ2) is 14.9. The van der Waals surface area contributed by atoms with Crippen LogP contribution < -0.4 is 10.6 Å². The Morgan fingerprint density at radius 2 is 1.73 bits per heavy atom. The SMILES string of the molecule is CN=C(NCCCOCC1CCOCC1)NCC1(N2CCCCC2)CCCCC1.I. The topological polar surface area (TPSA) is 58.1 Å². The molecule has 0 unspecified atom stereocenters. The summed E-state index contributed by atoms with van der Waals surface area (Å²) in [7, 11) is 1.88. The molecule has 0 atom stereocenters. The second-order valence-corrected chi connectivity index (χ2v) is 9.17. The summed E-state index contributed by atoms with van der Waals surface area (Å²) in [5, 5.41) is 7.15. The van der Waals surface area contributed by atoms with Gasteiger partial charge in [0, 0.05) is 52.1 Å². The molecule has 3 aliphatic rings. The monoisotopic (exact) mass is 536 g/mol. The fraction of sp³-hybridized carbons (Fsp3) is 0.957. The van der Waals surface area contributed by atoms with Crippen LogP contribution in [0.3, 0.4) is 0 Å². The summed E-state index contributed by atoms with van der Waals surface area (Å²) >= 11 is 0. The average molecular weight is 537 g/mol. The van der Waals surface area contributed by atoms with Crippen LogP contribution in [0.4, 0.5) is 0 Å². The van der Waals surface area contributed by atoms with E-state index in [4.69, 9.17) is 9.47 Å². The lowest BCUT2D eigenvalue weighted by molar-refractivity contribution is 0.0203. The summed E-state index contributed by atoms with van der Waals surface area (Å²) in [6, 6.07) is 0.